The molecule has 1 amide bonds. The van der Waals surface area contributed by atoms with Gasteiger partial charge in [-0.3, -0.25) is 4.79 Å². The van der Waals surface area contributed by atoms with Crippen LogP contribution in [0.3, 0.4) is 0 Å². The molecule has 1 N–H and O–H groups in total. The number of esters is 1. The first kappa shape index (κ1) is 23.3. The third-order valence-electron chi connectivity index (χ3n) is 6.05. The molecule has 0 fully saturated rings. The van der Waals surface area contributed by atoms with E-state index in [1.807, 2.05) is 38.1 Å². The molecule has 31 heavy (non-hydrogen) atoms. The number of amides is 1. The fraction of sp³-hybridized carbons (Fsp3) is 0.520. The SMILES string of the molecule is CCC(Oc1cccc(C)c1)C(=O)Nc1sc2c(c1C(=O)OC)CCC(C(C)(C)C)C2. The van der Waals surface area contributed by atoms with E-state index in [2.05, 4.69) is 26.1 Å². The molecule has 2 atom stereocenters. The number of nitrogens with one attached hydrogen (secondary N) is 1. The third kappa shape index (κ3) is 5.29. The number of aryl methyl sites for hydroxylation is 1. The van der Waals surface area contributed by atoms with Crippen LogP contribution in [0.25, 0.3) is 0 Å². The highest BCUT2D eigenvalue weighted by molar-refractivity contribution is 7.17. The largest absolute Gasteiger partial charge is 0.481 e. The van der Waals surface area contributed by atoms with Gasteiger partial charge in [0, 0.05) is 4.88 Å². The second-order valence-corrected chi connectivity index (χ2v) is 10.4. The number of benzene rings is 1. The molecule has 0 radical (unpaired) electrons. The number of anilines is 1. The van der Waals surface area contributed by atoms with E-state index < -0.39 is 12.1 Å². The zero-order chi connectivity index (χ0) is 22.8. The van der Waals surface area contributed by atoms with Crippen molar-refractivity contribution in [1.29, 1.82) is 0 Å². The van der Waals surface area contributed by atoms with E-state index in [0.29, 0.717) is 28.7 Å². The highest BCUT2D eigenvalue weighted by Gasteiger charge is 2.35. The number of rotatable bonds is 6. The average Bonchev–Trinajstić information content (AvgIpc) is 3.07. The van der Waals surface area contributed by atoms with Gasteiger partial charge in [-0.05, 0) is 67.2 Å². The van der Waals surface area contributed by atoms with Crippen molar-refractivity contribution in [2.24, 2.45) is 11.3 Å². The van der Waals surface area contributed by atoms with Crippen LogP contribution in [0.4, 0.5) is 5.00 Å². The molecule has 0 bridgehead atoms. The van der Waals surface area contributed by atoms with E-state index in [9.17, 15) is 9.59 Å². The van der Waals surface area contributed by atoms with Crippen LogP contribution in [0, 0.1) is 18.3 Å². The molecule has 6 heteroatoms. The van der Waals surface area contributed by atoms with Crippen molar-refractivity contribution >= 4 is 28.2 Å². The Balaban J connectivity index is 1.85. The van der Waals surface area contributed by atoms with E-state index in [-0.39, 0.29) is 11.3 Å². The topological polar surface area (TPSA) is 64.6 Å². The molecule has 1 aromatic heterocycles. The number of hydrogen-bond acceptors (Lipinski definition) is 5. The Morgan fingerprint density at radius 2 is 2.03 bits per heavy atom. The van der Waals surface area contributed by atoms with Gasteiger partial charge in [-0.25, -0.2) is 4.79 Å². The van der Waals surface area contributed by atoms with E-state index in [0.717, 1.165) is 30.4 Å². The summed E-state index contributed by atoms with van der Waals surface area (Å²) in [5.41, 5.74) is 2.81. The van der Waals surface area contributed by atoms with Gasteiger partial charge in [0.1, 0.15) is 10.8 Å². The van der Waals surface area contributed by atoms with Gasteiger partial charge in [-0.1, -0.05) is 39.8 Å². The summed E-state index contributed by atoms with van der Waals surface area (Å²) in [5.74, 6) is 0.559. The summed E-state index contributed by atoms with van der Waals surface area (Å²) < 4.78 is 11.0. The number of thiophene rings is 1. The third-order valence-corrected chi connectivity index (χ3v) is 7.22. The molecule has 2 unspecified atom stereocenters. The van der Waals surface area contributed by atoms with Gasteiger partial charge in [0.05, 0.1) is 12.7 Å². The smallest absolute Gasteiger partial charge is 0.341 e. The summed E-state index contributed by atoms with van der Waals surface area (Å²) in [6, 6.07) is 7.65. The Morgan fingerprint density at radius 3 is 2.65 bits per heavy atom. The molecule has 1 aromatic carbocycles. The molecule has 0 saturated heterocycles. The van der Waals surface area contributed by atoms with Gasteiger partial charge < -0.3 is 14.8 Å². The second kappa shape index (κ2) is 9.43. The van der Waals surface area contributed by atoms with Crippen molar-refractivity contribution in [1.82, 2.24) is 0 Å². The van der Waals surface area contributed by atoms with Crippen LogP contribution in [0.5, 0.6) is 5.75 Å². The van der Waals surface area contributed by atoms with Gasteiger partial charge in [-0.15, -0.1) is 11.3 Å². The Kier molecular flexibility index (Phi) is 7.10. The molecule has 168 valence electrons. The molecular formula is C25H33NO4S. The molecule has 0 aliphatic heterocycles. The lowest BCUT2D eigenvalue weighted by Gasteiger charge is -2.33. The lowest BCUT2D eigenvalue weighted by molar-refractivity contribution is -0.122. The molecule has 1 heterocycles. The Morgan fingerprint density at radius 1 is 1.29 bits per heavy atom. The van der Waals surface area contributed by atoms with Crippen molar-refractivity contribution < 1.29 is 19.1 Å². The van der Waals surface area contributed by atoms with Crippen molar-refractivity contribution in [3.63, 3.8) is 0 Å². The minimum Gasteiger partial charge on any atom is -0.481 e. The number of methoxy groups -OCH3 is 1. The van der Waals surface area contributed by atoms with Gasteiger partial charge in [-0.2, -0.15) is 0 Å². The number of hydrogen-bond donors (Lipinski definition) is 1. The predicted octanol–water partition coefficient (Wildman–Crippen LogP) is 5.79. The average molecular weight is 444 g/mol. The van der Waals surface area contributed by atoms with E-state index in [4.69, 9.17) is 9.47 Å². The van der Waals surface area contributed by atoms with Crippen molar-refractivity contribution in [3.8, 4) is 5.75 Å². The first-order chi connectivity index (χ1) is 14.6. The quantitative estimate of drug-likeness (QED) is 0.574. The maximum Gasteiger partial charge on any atom is 0.341 e. The van der Waals surface area contributed by atoms with Crippen molar-refractivity contribution in [2.75, 3.05) is 12.4 Å². The number of ether oxygens (including phenoxy) is 2. The fourth-order valence-corrected chi connectivity index (χ4v) is 5.42. The Labute approximate surface area is 189 Å². The minimum absolute atomic E-state index is 0.200. The zero-order valence-corrected chi connectivity index (χ0v) is 20.2. The van der Waals surface area contributed by atoms with Crippen LogP contribution in [0.1, 0.15) is 66.9 Å². The summed E-state index contributed by atoms with van der Waals surface area (Å²) in [7, 11) is 1.38. The molecule has 1 aliphatic rings. The highest BCUT2D eigenvalue weighted by Crippen LogP contribution is 2.44. The summed E-state index contributed by atoms with van der Waals surface area (Å²) in [6.45, 7) is 10.7. The molecule has 5 nitrogen and oxygen atoms in total. The number of fused-ring (bicyclic) bond motifs is 1. The number of carbonyl (C=O) groups excluding carboxylic acids is 2. The molecule has 3 rings (SSSR count). The molecule has 0 saturated carbocycles. The summed E-state index contributed by atoms with van der Waals surface area (Å²) >= 11 is 1.50. The van der Waals surface area contributed by atoms with Crippen LogP contribution in [-0.2, 0) is 22.4 Å². The number of carbonyl (C=O) groups is 2. The fourth-order valence-electron chi connectivity index (χ4n) is 4.10. The van der Waals surface area contributed by atoms with Crippen molar-refractivity contribution in [2.45, 2.75) is 66.4 Å². The van der Waals surface area contributed by atoms with Crippen LogP contribution >= 0.6 is 11.3 Å². The van der Waals surface area contributed by atoms with Crippen LogP contribution in [-0.4, -0.2) is 25.1 Å². The zero-order valence-electron chi connectivity index (χ0n) is 19.3. The molecular weight excluding hydrogens is 410 g/mol. The molecule has 1 aliphatic carbocycles. The lowest BCUT2D eigenvalue weighted by Crippen LogP contribution is -2.32. The van der Waals surface area contributed by atoms with E-state index in [1.54, 1.807) is 0 Å². The van der Waals surface area contributed by atoms with Gasteiger partial charge in [0.2, 0.25) is 0 Å². The maximum absolute atomic E-state index is 13.1. The maximum atomic E-state index is 13.1. The highest BCUT2D eigenvalue weighted by atomic mass is 32.1. The molecule has 0 spiro atoms. The first-order valence-electron chi connectivity index (χ1n) is 10.9. The Bertz CT molecular complexity index is 957. The summed E-state index contributed by atoms with van der Waals surface area (Å²) in [6.07, 6.45) is 2.64. The predicted molar refractivity (Wildman–Crippen MR) is 125 cm³/mol. The minimum atomic E-state index is -0.645. The van der Waals surface area contributed by atoms with Gasteiger partial charge in [0.15, 0.2) is 6.10 Å². The second-order valence-electron chi connectivity index (χ2n) is 9.33. The van der Waals surface area contributed by atoms with Crippen LogP contribution in [0.2, 0.25) is 0 Å². The van der Waals surface area contributed by atoms with Crippen LogP contribution < -0.4 is 10.1 Å². The summed E-state index contributed by atoms with van der Waals surface area (Å²) in [5, 5.41) is 3.55. The molecule has 2 aromatic rings. The van der Waals surface area contributed by atoms with Crippen molar-refractivity contribution in [3.05, 3.63) is 45.8 Å². The normalized spacial score (nSPS) is 16.9. The summed E-state index contributed by atoms with van der Waals surface area (Å²) in [4.78, 5) is 26.8. The van der Waals surface area contributed by atoms with Gasteiger partial charge in [0.25, 0.3) is 5.91 Å². The van der Waals surface area contributed by atoms with Crippen LogP contribution in [0.15, 0.2) is 24.3 Å². The van der Waals surface area contributed by atoms with E-state index >= 15 is 0 Å². The van der Waals surface area contributed by atoms with Gasteiger partial charge >= 0.3 is 5.97 Å². The first-order valence-corrected chi connectivity index (χ1v) is 11.7. The monoisotopic (exact) mass is 443 g/mol. The lowest BCUT2D eigenvalue weighted by atomic mass is 9.72. The standard InChI is InChI=1S/C25H33NO4S/c1-7-19(30-17-10-8-9-15(2)13-17)22(27)26-23-21(24(28)29-6)18-12-11-16(25(3,4)5)14-20(18)31-23/h8-10,13,16,19H,7,11-12,14H2,1-6H3,(H,26,27). The Hall–Kier alpha value is -2.34. The van der Waals surface area contributed by atoms with E-state index in [1.165, 1.54) is 23.3 Å².